The summed E-state index contributed by atoms with van der Waals surface area (Å²) >= 11 is 0. The highest BCUT2D eigenvalue weighted by Gasteiger charge is 2.14. The predicted octanol–water partition coefficient (Wildman–Crippen LogP) is 2.63. The number of anilines is 1. The van der Waals surface area contributed by atoms with E-state index in [1.807, 2.05) is 49.7 Å². The van der Waals surface area contributed by atoms with Crippen LogP contribution in [0.5, 0.6) is 11.5 Å². The van der Waals surface area contributed by atoms with Crippen molar-refractivity contribution in [3.8, 4) is 11.5 Å². The molecule has 2 heterocycles. The number of imidazole rings is 1. The molecule has 0 saturated heterocycles. The van der Waals surface area contributed by atoms with Gasteiger partial charge in [-0.25, -0.2) is 9.98 Å². The number of benzene rings is 1. The van der Waals surface area contributed by atoms with Gasteiger partial charge in [-0.3, -0.25) is 4.79 Å². The van der Waals surface area contributed by atoms with Crippen LogP contribution in [0.3, 0.4) is 0 Å². The molecule has 3 rings (SSSR count). The van der Waals surface area contributed by atoms with Gasteiger partial charge in [-0.15, -0.1) is 24.0 Å². The number of rotatable bonds is 6. The SMILES string of the molecule is CC(C)(C)NC(=O)CN=C(NCCn1ccnc1)Nc1ccc2c(c1)OCCCO2.I. The smallest absolute Gasteiger partial charge is 0.242 e. The minimum atomic E-state index is -0.302. The highest BCUT2D eigenvalue weighted by molar-refractivity contribution is 14.0. The summed E-state index contributed by atoms with van der Waals surface area (Å²) in [6, 6.07) is 5.65. The van der Waals surface area contributed by atoms with Crippen molar-refractivity contribution in [3.05, 3.63) is 36.9 Å². The first-order valence-electron chi connectivity index (χ1n) is 10.1. The molecule has 1 aliphatic rings. The van der Waals surface area contributed by atoms with E-state index in [4.69, 9.17) is 9.47 Å². The normalized spacial score (nSPS) is 13.6. The summed E-state index contributed by atoms with van der Waals surface area (Å²) < 4.78 is 13.4. The third kappa shape index (κ3) is 8.64. The van der Waals surface area contributed by atoms with Gasteiger partial charge in [0.25, 0.3) is 0 Å². The topological polar surface area (TPSA) is 102 Å². The lowest BCUT2D eigenvalue weighted by atomic mass is 10.1. The number of nitrogens with zero attached hydrogens (tertiary/aromatic N) is 3. The van der Waals surface area contributed by atoms with E-state index in [1.165, 1.54) is 0 Å². The number of nitrogens with one attached hydrogen (secondary N) is 3. The standard InChI is InChI=1S/C21H30N6O3.HI/c1-21(2,3)26-19(28)14-24-20(23-8-10-27-9-7-22-15-27)25-16-5-6-17-18(13-16)30-12-4-11-29-17;/h5-7,9,13,15H,4,8,10-12,14H2,1-3H3,(H,26,28)(H2,23,24,25);1H. The van der Waals surface area contributed by atoms with Crippen molar-refractivity contribution in [2.75, 3.05) is 31.6 Å². The Morgan fingerprint density at radius 1 is 1.23 bits per heavy atom. The van der Waals surface area contributed by atoms with Crippen molar-refractivity contribution in [1.29, 1.82) is 0 Å². The van der Waals surface area contributed by atoms with Gasteiger partial charge in [0.2, 0.25) is 5.91 Å². The molecule has 1 aromatic carbocycles. The minimum Gasteiger partial charge on any atom is -0.490 e. The van der Waals surface area contributed by atoms with Gasteiger partial charge in [0.1, 0.15) is 6.54 Å². The van der Waals surface area contributed by atoms with E-state index in [-0.39, 0.29) is 42.0 Å². The van der Waals surface area contributed by atoms with Crippen LogP contribution in [-0.4, -0.2) is 53.3 Å². The monoisotopic (exact) mass is 542 g/mol. The average molecular weight is 542 g/mol. The van der Waals surface area contributed by atoms with Gasteiger partial charge in [0.15, 0.2) is 17.5 Å². The second-order valence-electron chi connectivity index (χ2n) is 8.03. The maximum absolute atomic E-state index is 12.2. The summed E-state index contributed by atoms with van der Waals surface area (Å²) in [5, 5.41) is 9.42. The van der Waals surface area contributed by atoms with Crippen LogP contribution in [-0.2, 0) is 11.3 Å². The number of hydrogen-bond donors (Lipinski definition) is 3. The van der Waals surface area contributed by atoms with Gasteiger partial charge in [0.05, 0.1) is 19.5 Å². The summed E-state index contributed by atoms with van der Waals surface area (Å²) in [6.45, 7) is 8.43. The summed E-state index contributed by atoms with van der Waals surface area (Å²) in [6.07, 6.45) is 6.24. The van der Waals surface area contributed by atoms with Crippen LogP contribution in [0.25, 0.3) is 0 Å². The predicted molar refractivity (Wildman–Crippen MR) is 132 cm³/mol. The third-order valence-corrected chi connectivity index (χ3v) is 4.13. The second kappa shape index (κ2) is 11.8. The molecule has 2 aromatic rings. The van der Waals surface area contributed by atoms with Crippen molar-refractivity contribution in [1.82, 2.24) is 20.2 Å². The highest BCUT2D eigenvalue weighted by atomic mass is 127. The number of fused-ring (bicyclic) bond motifs is 1. The molecule has 0 radical (unpaired) electrons. The molecule has 3 N–H and O–H groups in total. The van der Waals surface area contributed by atoms with Crippen molar-refractivity contribution in [2.45, 2.75) is 39.3 Å². The summed E-state index contributed by atoms with van der Waals surface area (Å²) in [5.74, 6) is 1.79. The van der Waals surface area contributed by atoms with Gasteiger partial charge in [-0.2, -0.15) is 0 Å². The van der Waals surface area contributed by atoms with E-state index < -0.39 is 0 Å². The largest absolute Gasteiger partial charge is 0.490 e. The Bertz CT molecular complexity index is 864. The molecule has 0 aliphatic carbocycles. The number of ether oxygens (including phenoxy) is 2. The molecule has 0 spiro atoms. The zero-order valence-electron chi connectivity index (χ0n) is 18.2. The molecule has 0 bridgehead atoms. The number of aromatic nitrogens is 2. The number of hydrogen-bond acceptors (Lipinski definition) is 5. The molecule has 10 heteroatoms. The van der Waals surface area contributed by atoms with E-state index in [1.54, 1.807) is 12.5 Å². The lowest BCUT2D eigenvalue weighted by Crippen LogP contribution is -2.42. The van der Waals surface area contributed by atoms with Crippen LogP contribution >= 0.6 is 24.0 Å². The lowest BCUT2D eigenvalue weighted by Gasteiger charge is -2.20. The molecule has 170 valence electrons. The van der Waals surface area contributed by atoms with Crippen molar-refractivity contribution < 1.29 is 14.3 Å². The fourth-order valence-corrected chi connectivity index (χ4v) is 2.85. The van der Waals surface area contributed by atoms with E-state index in [9.17, 15) is 4.79 Å². The maximum Gasteiger partial charge on any atom is 0.242 e. The van der Waals surface area contributed by atoms with Crippen LogP contribution in [0.15, 0.2) is 41.9 Å². The van der Waals surface area contributed by atoms with Crippen molar-refractivity contribution in [2.24, 2.45) is 4.99 Å². The fraction of sp³-hybridized carbons (Fsp3) is 0.476. The van der Waals surface area contributed by atoms with E-state index in [0.717, 1.165) is 24.4 Å². The molecule has 0 fully saturated rings. The molecule has 1 aromatic heterocycles. The number of aliphatic imine (C=N–C) groups is 1. The number of amides is 1. The van der Waals surface area contributed by atoms with Gasteiger partial charge >= 0.3 is 0 Å². The molecular formula is C21H31IN6O3. The van der Waals surface area contributed by atoms with Gasteiger partial charge < -0.3 is 30.0 Å². The lowest BCUT2D eigenvalue weighted by molar-refractivity contribution is -0.121. The third-order valence-electron chi connectivity index (χ3n) is 4.13. The second-order valence-corrected chi connectivity index (χ2v) is 8.03. The Balaban J connectivity index is 0.00000341. The first kappa shape index (κ1) is 24.8. The quantitative estimate of drug-likeness (QED) is 0.295. The maximum atomic E-state index is 12.2. The van der Waals surface area contributed by atoms with Crippen molar-refractivity contribution >= 4 is 41.5 Å². The Labute approximate surface area is 200 Å². The molecule has 0 unspecified atom stereocenters. The van der Waals surface area contributed by atoms with Gasteiger partial charge in [-0.05, 0) is 32.9 Å². The van der Waals surface area contributed by atoms with Crippen LogP contribution < -0.4 is 25.4 Å². The zero-order valence-corrected chi connectivity index (χ0v) is 20.5. The zero-order chi connectivity index (χ0) is 21.4. The molecule has 9 nitrogen and oxygen atoms in total. The molecule has 0 saturated carbocycles. The summed E-state index contributed by atoms with van der Waals surface area (Å²) in [7, 11) is 0. The summed E-state index contributed by atoms with van der Waals surface area (Å²) in [4.78, 5) is 20.7. The Morgan fingerprint density at radius 3 is 2.71 bits per heavy atom. The van der Waals surface area contributed by atoms with E-state index in [2.05, 4.69) is 25.9 Å². The molecule has 31 heavy (non-hydrogen) atoms. The van der Waals surface area contributed by atoms with Gasteiger partial charge in [-0.1, -0.05) is 0 Å². The van der Waals surface area contributed by atoms with E-state index >= 15 is 0 Å². The Kier molecular flexibility index (Phi) is 9.41. The molecule has 1 amide bonds. The van der Waals surface area contributed by atoms with E-state index in [0.29, 0.717) is 31.5 Å². The molecular weight excluding hydrogens is 511 g/mol. The van der Waals surface area contributed by atoms with Crippen LogP contribution in [0, 0.1) is 0 Å². The number of carbonyl (C=O) groups excluding carboxylic acids is 1. The first-order valence-corrected chi connectivity index (χ1v) is 10.1. The number of guanidine groups is 1. The molecule has 0 atom stereocenters. The minimum absolute atomic E-state index is 0. The Morgan fingerprint density at radius 2 is 2.00 bits per heavy atom. The van der Waals surface area contributed by atoms with Crippen LogP contribution in [0.2, 0.25) is 0 Å². The van der Waals surface area contributed by atoms with Crippen molar-refractivity contribution in [3.63, 3.8) is 0 Å². The molecule has 1 aliphatic heterocycles. The summed E-state index contributed by atoms with van der Waals surface area (Å²) in [5.41, 5.74) is 0.494. The first-order chi connectivity index (χ1) is 14.4. The van der Waals surface area contributed by atoms with Gasteiger partial charge in [0, 0.05) is 49.2 Å². The highest BCUT2D eigenvalue weighted by Crippen LogP contribution is 2.32. The number of carbonyl (C=O) groups is 1. The fourth-order valence-electron chi connectivity index (χ4n) is 2.85. The number of halogens is 1. The Hall–Kier alpha value is -2.50. The van der Waals surface area contributed by atoms with Crippen LogP contribution in [0.4, 0.5) is 5.69 Å². The average Bonchev–Trinajstić information content (AvgIpc) is 3.08. The van der Waals surface area contributed by atoms with Crippen LogP contribution in [0.1, 0.15) is 27.2 Å².